The fourth-order valence-corrected chi connectivity index (χ4v) is 4.75. The minimum absolute atomic E-state index is 0.309. The Bertz CT molecular complexity index is 1290. The highest BCUT2D eigenvalue weighted by Gasteiger charge is 2.23. The predicted octanol–water partition coefficient (Wildman–Crippen LogP) is 5.19. The molecule has 2 aromatic carbocycles. The topological polar surface area (TPSA) is 80.9 Å². The molecule has 1 N–H and O–H groups in total. The lowest BCUT2D eigenvalue weighted by molar-refractivity contribution is 0.101. The molecule has 0 saturated heterocycles. The zero-order valence-electron chi connectivity index (χ0n) is 16.4. The molecule has 1 aliphatic rings. The number of aromatic nitrogens is 3. The lowest BCUT2D eigenvalue weighted by atomic mass is 10.0. The van der Waals surface area contributed by atoms with Gasteiger partial charge in [0.2, 0.25) is 11.7 Å². The number of amides is 1. The van der Waals surface area contributed by atoms with Gasteiger partial charge in [0.05, 0.1) is 10.6 Å². The Hall–Kier alpha value is -3.46. The number of carbonyl (C=O) groups is 1. The number of fused-ring (bicyclic) bond motifs is 3. The number of hydrogen-bond acceptors (Lipinski definition) is 6. The fourth-order valence-electron chi connectivity index (χ4n) is 3.68. The third-order valence-electron chi connectivity index (χ3n) is 5.10. The lowest BCUT2D eigenvalue weighted by Gasteiger charge is -2.07. The van der Waals surface area contributed by atoms with E-state index < -0.39 is 23.1 Å². The summed E-state index contributed by atoms with van der Waals surface area (Å²) < 4.78 is 32.9. The number of hydrogen-bond donors (Lipinski definition) is 1. The van der Waals surface area contributed by atoms with Gasteiger partial charge in [-0.1, -0.05) is 34.7 Å². The molecule has 0 aliphatic heterocycles. The Morgan fingerprint density at radius 1 is 1.13 bits per heavy atom. The quantitative estimate of drug-likeness (QED) is 0.476. The van der Waals surface area contributed by atoms with Gasteiger partial charge < -0.3 is 4.52 Å². The summed E-state index contributed by atoms with van der Waals surface area (Å²) in [5, 5.41) is 6.83. The Kier molecular flexibility index (Phi) is 4.82. The van der Waals surface area contributed by atoms with Crippen molar-refractivity contribution in [3.05, 3.63) is 70.7 Å². The molecule has 0 fully saturated rings. The molecular weight excluding hydrogens is 422 g/mol. The van der Waals surface area contributed by atoms with E-state index in [2.05, 4.69) is 20.4 Å². The zero-order chi connectivity index (χ0) is 21.5. The Morgan fingerprint density at radius 2 is 1.94 bits per heavy atom. The molecule has 5 rings (SSSR count). The predicted molar refractivity (Wildman–Crippen MR) is 112 cm³/mol. The van der Waals surface area contributed by atoms with Crippen LogP contribution in [0.5, 0.6) is 0 Å². The molecule has 0 bridgehead atoms. The molecule has 2 aromatic heterocycles. The van der Waals surface area contributed by atoms with Gasteiger partial charge in [0.15, 0.2) is 5.13 Å². The second kappa shape index (κ2) is 7.66. The van der Waals surface area contributed by atoms with Crippen LogP contribution in [0.25, 0.3) is 21.8 Å². The van der Waals surface area contributed by atoms with Gasteiger partial charge >= 0.3 is 0 Å². The number of nitrogens with zero attached hydrogens (tertiary/aromatic N) is 3. The van der Waals surface area contributed by atoms with Crippen molar-refractivity contribution in [1.82, 2.24) is 15.1 Å². The van der Waals surface area contributed by atoms with Gasteiger partial charge in [0.25, 0.3) is 5.91 Å². The van der Waals surface area contributed by atoms with Crippen LogP contribution in [0.1, 0.15) is 33.9 Å². The third-order valence-corrected chi connectivity index (χ3v) is 6.15. The van der Waals surface area contributed by atoms with Crippen molar-refractivity contribution in [3.8, 4) is 21.8 Å². The number of carbonyl (C=O) groups excluding carboxylic acids is 1. The normalized spacial score (nSPS) is 12.7. The minimum atomic E-state index is -0.912. The monoisotopic (exact) mass is 438 g/mol. The first-order valence-electron chi connectivity index (χ1n) is 9.68. The molecular formula is C22H16F2N4O2S. The maximum absolute atomic E-state index is 13.9. The number of aryl methyl sites for hydroxylation is 3. The molecule has 0 unspecified atom stereocenters. The molecule has 1 aliphatic carbocycles. The molecule has 9 heteroatoms. The van der Waals surface area contributed by atoms with E-state index in [1.165, 1.54) is 17.4 Å². The molecule has 4 aromatic rings. The van der Waals surface area contributed by atoms with Gasteiger partial charge in [-0.05, 0) is 48.6 Å². The van der Waals surface area contributed by atoms with Crippen molar-refractivity contribution in [1.29, 1.82) is 0 Å². The Morgan fingerprint density at radius 3 is 2.68 bits per heavy atom. The van der Waals surface area contributed by atoms with Gasteiger partial charge in [-0.3, -0.25) is 10.1 Å². The molecule has 156 valence electrons. The SMILES string of the molecule is Cc1nc(-c2ccc3c(c2)CCCc2nc(NC(=O)c4c(F)cccc4F)sc2-3)no1. The van der Waals surface area contributed by atoms with Crippen LogP contribution in [0, 0.1) is 18.6 Å². The Balaban J connectivity index is 1.47. The fraction of sp³-hybridized carbons (Fsp3) is 0.182. The second-order valence-corrected chi connectivity index (χ2v) is 8.21. The van der Waals surface area contributed by atoms with Crippen molar-refractivity contribution in [2.45, 2.75) is 26.2 Å². The summed E-state index contributed by atoms with van der Waals surface area (Å²) in [6.07, 6.45) is 2.49. The van der Waals surface area contributed by atoms with Gasteiger partial charge in [-0.25, -0.2) is 13.8 Å². The van der Waals surface area contributed by atoms with Crippen LogP contribution >= 0.6 is 11.3 Å². The van der Waals surface area contributed by atoms with E-state index in [0.29, 0.717) is 16.8 Å². The molecule has 0 radical (unpaired) electrons. The average molecular weight is 438 g/mol. The zero-order valence-corrected chi connectivity index (χ0v) is 17.2. The second-order valence-electron chi connectivity index (χ2n) is 7.21. The Labute approximate surface area is 180 Å². The van der Waals surface area contributed by atoms with Crippen molar-refractivity contribution in [2.75, 3.05) is 5.32 Å². The molecule has 1 amide bonds. The highest BCUT2D eigenvalue weighted by atomic mass is 32.1. The number of benzene rings is 2. The van der Waals surface area contributed by atoms with Crippen molar-refractivity contribution in [3.63, 3.8) is 0 Å². The van der Waals surface area contributed by atoms with Crippen LogP contribution in [0.4, 0.5) is 13.9 Å². The number of halogens is 2. The highest BCUT2D eigenvalue weighted by molar-refractivity contribution is 7.19. The first kappa shape index (κ1) is 19.5. The van der Waals surface area contributed by atoms with E-state index in [1.807, 2.05) is 18.2 Å². The molecule has 2 heterocycles. The standard InChI is InChI=1S/C22H16F2N4O2S/c1-11-25-20(28-30-11)13-8-9-14-12(10-13)4-2-7-17-19(14)31-22(26-17)27-21(29)18-15(23)5-3-6-16(18)24/h3,5-6,8-10H,2,4,7H2,1H3,(H,26,27,29). The smallest absolute Gasteiger partial charge is 0.263 e. The molecule has 0 saturated carbocycles. The van der Waals surface area contributed by atoms with E-state index in [0.717, 1.165) is 58.7 Å². The van der Waals surface area contributed by atoms with E-state index in [4.69, 9.17) is 4.52 Å². The van der Waals surface area contributed by atoms with Crippen LogP contribution < -0.4 is 5.32 Å². The maximum Gasteiger partial charge on any atom is 0.263 e. The largest absolute Gasteiger partial charge is 0.339 e. The molecule has 0 spiro atoms. The van der Waals surface area contributed by atoms with E-state index in [9.17, 15) is 13.6 Å². The van der Waals surface area contributed by atoms with E-state index in [-0.39, 0.29) is 0 Å². The summed E-state index contributed by atoms with van der Waals surface area (Å²) in [6, 6.07) is 9.27. The third kappa shape index (κ3) is 3.61. The number of anilines is 1. The van der Waals surface area contributed by atoms with Crippen LogP contribution in [0.15, 0.2) is 40.9 Å². The first-order valence-corrected chi connectivity index (χ1v) is 10.5. The van der Waals surface area contributed by atoms with Crippen LogP contribution in [-0.4, -0.2) is 21.0 Å². The van der Waals surface area contributed by atoms with Crippen molar-refractivity contribution < 1.29 is 18.1 Å². The van der Waals surface area contributed by atoms with Crippen molar-refractivity contribution >= 4 is 22.4 Å². The lowest BCUT2D eigenvalue weighted by Crippen LogP contribution is -2.15. The van der Waals surface area contributed by atoms with Gasteiger partial charge in [-0.2, -0.15) is 4.98 Å². The molecule has 31 heavy (non-hydrogen) atoms. The molecule has 6 nitrogen and oxygen atoms in total. The van der Waals surface area contributed by atoms with Crippen LogP contribution in [0.2, 0.25) is 0 Å². The first-order chi connectivity index (χ1) is 15.0. The van der Waals surface area contributed by atoms with E-state index in [1.54, 1.807) is 6.92 Å². The summed E-state index contributed by atoms with van der Waals surface area (Å²) in [7, 11) is 0. The summed E-state index contributed by atoms with van der Waals surface area (Å²) in [5.74, 6) is -1.65. The van der Waals surface area contributed by atoms with Gasteiger partial charge in [0.1, 0.15) is 17.2 Å². The van der Waals surface area contributed by atoms with E-state index >= 15 is 0 Å². The number of nitrogens with one attached hydrogen (secondary N) is 1. The van der Waals surface area contributed by atoms with Crippen LogP contribution in [-0.2, 0) is 12.8 Å². The van der Waals surface area contributed by atoms with Crippen LogP contribution in [0.3, 0.4) is 0 Å². The van der Waals surface area contributed by atoms with Gasteiger partial charge in [-0.15, -0.1) is 0 Å². The van der Waals surface area contributed by atoms with Crippen molar-refractivity contribution in [2.24, 2.45) is 0 Å². The number of thiazole rings is 1. The minimum Gasteiger partial charge on any atom is -0.339 e. The average Bonchev–Trinajstić information content (AvgIpc) is 3.30. The summed E-state index contributed by atoms with van der Waals surface area (Å²) in [4.78, 5) is 22.2. The van der Waals surface area contributed by atoms with Gasteiger partial charge in [0, 0.05) is 12.5 Å². The highest BCUT2D eigenvalue weighted by Crippen LogP contribution is 2.40. The summed E-state index contributed by atoms with van der Waals surface area (Å²) >= 11 is 1.29. The maximum atomic E-state index is 13.9. The number of rotatable bonds is 3. The molecule has 0 atom stereocenters. The summed E-state index contributed by atoms with van der Waals surface area (Å²) in [6.45, 7) is 1.74. The summed E-state index contributed by atoms with van der Waals surface area (Å²) in [5.41, 5.74) is 3.25.